The van der Waals surface area contributed by atoms with E-state index < -0.39 is 10.0 Å². The summed E-state index contributed by atoms with van der Waals surface area (Å²) in [6.07, 6.45) is 1.80. The van der Waals surface area contributed by atoms with Crippen LogP contribution in [0.4, 0.5) is 0 Å². The Morgan fingerprint density at radius 1 is 0.958 bits per heavy atom. The summed E-state index contributed by atoms with van der Waals surface area (Å²) in [6, 6.07) is 15.8. The molecule has 0 aliphatic carbocycles. The van der Waals surface area contributed by atoms with Gasteiger partial charge in [-0.15, -0.1) is 0 Å². The molecule has 2 aromatic rings. The first-order valence-corrected chi connectivity index (χ1v) is 9.44. The molecule has 6 heteroatoms. The van der Waals surface area contributed by atoms with Gasteiger partial charge in [0.1, 0.15) is 0 Å². The van der Waals surface area contributed by atoms with E-state index in [1.54, 1.807) is 12.1 Å². The zero-order valence-electron chi connectivity index (χ0n) is 13.3. The molecular weight excluding hydrogens is 324 g/mol. The second kappa shape index (κ2) is 7.15. The standard InChI is InChI=1S/C18H20N2O3S/c21-18(19-14-15-6-2-1-3-7-15)16-8-10-17(11-9-16)24(22,23)20-12-4-5-13-20/h1-3,6-11H,4-5,12-14H2,(H,19,21). The van der Waals surface area contributed by atoms with E-state index in [0.717, 1.165) is 18.4 Å². The minimum atomic E-state index is -3.43. The lowest BCUT2D eigenvalue weighted by atomic mass is 10.2. The van der Waals surface area contributed by atoms with Gasteiger partial charge >= 0.3 is 0 Å². The molecule has 0 bridgehead atoms. The smallest absolute Gasteiger partial charge is 0.251 e. The van der Waals surface area contributed by atoms with Crippen LogP contribution < -0.4 is 5.32 Å². The Bertz CT molecular complexity index is 796. The average molecular weight is 344 g/mol. The average Bonchev–Trinajstić information content (AvgIpc) is 3.16. The van der Waals surface area contributed by atoms with E-state index >= 15 is 0 Å². The van der Waals surface area contributed by atoms with Crippen LogP contribution in [0.3, 0.4) is 0 Å². The van der Waals surface area contributed by atoms with Crippen molar-refractivity contribution in [1.82, 2.24) is 9.62 Å². The second-order valence-corrected chi connectivity index (χ2v) is 7.74. The van der Waals surface area contributed by atoms with Crippen molar-refractivity contribution in [2.24, 2.45) is 0 Å². The fraction of sp³-hybridized carbons (Fsp3) is 0.278. The Hall–Kier alpha value is -2.18. The minimum Gasteiger partial charge on any atom is -0.348 e. The SMILES string of the molecule is O=C(NCc1ccccc1)c1ccc(S(=O)(=O)N2CCCC2)cc1. The number of sulfonamides is 1. The van der Waals surface area contributed by atoms with Crippen molar-refractivity contribution in [1.29, 1.82) is 0 Å². The summed E-state index contributed by atoms with van der Waals surface area (Å²) >= 11 is 0. The molecule has 24 heavy (non-hydrogen) atoms. The van der Waals surface area contributed by atoms with Gasteiger partial charge in [-0.25, -0.2) is 8.42 Å². The highest BCUT2D eigenvalue weighted by atomic mass is 32.2. The molecule has 1 aliphatic rings. The number of benzene rings is 2. The predicted octanol–water partition coefficient (Wildman–Crippen LogP) is 2.40. The van der Waals surface area contributed by atoms with Crippen molar-refractivity contribution < 1.29 is 13.2 Å². The number of carbonyl (C=O) groups excluding carboxylic acids is 1. The lowest BCUT2D eigenvalue weighted by Gasteiger charge is -2.15. The highest BCUT2D eigenvalue weighted by molar-refractivity contribution is 7.89. The van der Waals surface area contributed by atoms with Gasteiger partial charge in [-0.05, 0) is 42.7 Å². The normalized spacial score (nSPS) is 15.3. The van der Waals surface area contributed by atoms with Gasteiger partial charge < -0.3 is 5.32 Å². The third-order valence-corrected chi connectivity index (χ3v) is 6.03. The minimum absolute atomic E-state index is 0.219. The van der Waals surface area contributed by atoms with Crippen LogP contribution >= 0.6 is 0 Å². The molecule has 126 valence electrons. The number of hydrogen-bond acceptors (Lipinski definition) is 3. The third kappa shape index (κ3) is 3.66. The summed E-state index contributed by atoms with van der Waals surface area (Å²) in [5, 5.41) is 2.83. The predicted molar refractivity (Wildman–Crippen MR) is 92.0 cm³/mol. The largest absolute Gasteiger partial charge is 0.348 e. The van der Waals surface area contributed by atoms with Gasteiger partial charge in [0.2, 0.25) is 10.0 Å². The molecule has 0 saturated carbocycles. The van der Waals surface area contributed by atoms with Gasteiger partial charge in [-0.1, -0.05) is 30.3 Å². The fourth-order valence-electron chi connectivity index (χ4n) is 2.74. The number of rotatable bonds is 5. The maximum absolute atomic E-state index is 12.5. The molecule has 0 atom stereocenters. The second-order valence-electron chi connectivity index (χ2n) is 5.80. The zero-order valence-corrected chi connectivity index (χ0v) is 14.1. The lowest BCUT2D eigenvalue weighted by molar-refractivity contribution is 0.0951. The number of carbonyl (C=O) groups is 1. The Balaban J connectivity index is 1.66. The molecule has 1 fully saturated rings. The first-order chi connectivity index (χ1) is 11.6. The van der Waals surface area contributed by atoms with Gasteiger partial charge in [-0.2, -0.15) is 4.31 Å². The quantitative estimate of drug-likeness (QED) is 0.906. The Morgan fingerprint density at radius 3 is 2.21 bits per heavy atom. The Morgan fingerprint density at radius 2 is 1.58 bits per heavy atom. The van der Waals surface area contributed by atoms with Crippen LogP contribution in [-0.4, -0.2) is 31.7 Å². The van der Waals surface area contributed by atoms with Crippen LogP contribution in [0.15, 0.2) is 59.5 Å². The summed E-state index contributed by atoms with van der Waals surface area (Å²) in [5.41, 5.74) is 1.46. The molecule has 1 saturated heterocycles. The van der Waals surface area contributed by atoms with Crippen LogP contribution in [0.5, 0.6) is 0 Å². The molecule has 3 rings (SSSR count). The highest BCUT2D eigenvalue weighted by Crippen LogP contribution is 2.21. The van der Waals surface area contributed by atoms with E-state index in [9.17, 15) is 13.2 Å². The first kappa shape index (κ1) is 16.7. The Kier molecular flexibility index (Phi) is 4.97. The van der Waals surface area contributed by atoms with E-state index in [2.05, 4.69) is 5.32 Å². The zero-order chi connectivity index (χ0) is 17.0. The number of nitrogens with one attached hydrogen (secondary N) is 1. The molecule has 5 nitrogen and oxygen atoms in total. The molecule has 1 amide bonds. The monoisotopic (exact) mass is 344 g/mol. The van der Waals surface area contributed by atoms with E-state index in [1.165, 1.54) is 16.4 Å². The molecule has 0 unspecified atom stereocenters. The highest BCUT2D eigenvalue weighted by Gasteiger charge is 2.27. The number of nitrogens with zero attached hydrogens (tertiary/aromatic N) is 1. The van der Waals surface area contributed by atoms with E-state index in [1.807, 2.05) is 30.3 Å². The topological polar surface area (TPSA) is 66.5 Å². The Labute approximate surface area is 142 Å². The summed E-state index contributed by atoms with van der Waals surface area (Å²) in [7, 11) is -3.43. The molecule has 0 spiro atoms. The van der Waals surface area contributed by atoms with E-state index in [0.29, 0.717) is 25.2 Å². The third-order valence-electron chi connectivity index (χ3n) is 4.12. The van der Waals surface area contributed by atoms with Crippen LogP contribution in [0.25, 0.3) is 0 Å². The van der Waals surface area contributed by atoms with Crippen molar-refractivity contribution in [3.63, 3.8) is 0 Å². The molecule has 1 aliphatic heterocycles. The van der Waals surface area contributed by atoms with Gasteiger partial charge in [0.05, 0.1) is 4.90 Å². The van der Waals surface area contributed by atoms with Crippen molar-refractivity contribution in [2.75, 3.05) is 13.1 Å². The molecular formula is C18H20N2O3S. The van der Waals surface area contributed by atoms with Crippen LogP contribution in [0, 0.1) is 0 Å². The van der Waals surface area contributed by atoms with Crippen molar-refractivity contribution >= 4 is 15.9 Å². The van der Waals surface area contributed by atoms with Gasteiger partial charge in [-0.3, -0.25) is 4.79 Å². The number of amides is 1. The van der Waals surface area contributed by atoms with Crippen molar-refractivity contribution in [2.45, 2.75) is 24.3 Å². The summed E-state index contributed by atoms with van der Waals surface area (Å²) < 4.78 is 26.4. The maximum Gasteiger partial charge on any atom is 0.251 e. The van der Waals surface area contributed by atoms with Gasteiger partial charge in [0.15, 0.2) is 0 Å². The van der Waals surface area contributed by atoms with Crippen LogP contribution in [-0.2, 0) is 16.6 Å². The maximum atomic E-state index is 12.5. The molecule has 0 aromatic heterocycles. The van der Waals surface area contributed by atoms with Crippen LogP contribution in [0.2, 0.25) is 0 Å². The van der Waals surface area contributed by atoms with Crippen molar-refractivity contribution in [3.8, 4) is 0 Å². The molecule has 1 heterocycles. The van der Waals surface area contributed by atoms with Gasteiger partial charge in [0, 0.05) is 25.2 Å². The summed E-state index contributed by atoms with van der Waals surface area (Å²) in [5.74, 6) is -0.219. The van der Waals surface area contributed by atoms with Crippen molar-refractivity contribution in [3.05, 3.63) is 65.7 Å². The molecule has 2 aromatic carbocycles. The van der Waals surface area contributed by atoms with Crippen LogP contribution in [0.1, 0.15) is 28.8 Å². The fourth-order valence-corrected chi connectivity index (χ4v) is 4.25. The van der Waals surface area contributed by atoms with E-state index in [4.69, 9.17) is 0 Å². The first-order valence-electron chi connectivity index (χ1n) is 8.00. The lowest BCUT2D eigenvalue weighted by Crippen LogP contribution is -2.28. The van der Waals surface area contributed by atoms with E-state index in [-0.39, 0.29) is 10.8 Å². The van der Waals surface area contributed by atoms with Gasteiger partial charge in [0.25, 0.3) is 5.91 Å². The molecule has 0 radical (unpaired) electrons. The molecule has 1 N–H and O–H groups in total. The number of hydrogen-bond donors (Lipinski definition) is 1. The summed E-state index contributed by atoms with van der Waals surface area (Å²) in [4.78, 5) is 12.4. The summed E-state index contributed by atoms with van der Waals surface area (Å²) in [6.45, 7) is 1.58.